The molecule has 2 atom stereocenters. The lowest BCUT2D eigenvalue weighted by atomic mass is 9.88. The van der Waals surface area contributed by atoms with Crippen LogP contribution in [0.4, 0.5) is 10.5 Å². The lowest BCUT2D eigenvalue weighted by Gasteiger charge is -2.39. The van der Waals surface area contributed by atoms with Crippen LogP contribution in [0, 0.1) is 5.41 Å². The smallest absolute Gasteiger partial charge is 0.322 e. The second-order valence-corrected chi connectivity index (χ2v) is 8.65. The van der Waals surface area contributed by atoms with Gasteiger partial charge in [0.05, 0.1) is 7.11 Å². The number of carbonyl (C=O) groups is 1. The van der Waals surface area contributed by atoms with Crippen LogP contribution in [-0.2, 0) is 0 Å². The molecule has 0 radical (unpaired) electrons. The van der Waals surface area contributed by atoms with Crippen molar-refractivity contribution in [1.29, 1.82) is 0 Å². The molecule has 1 N–H and O–H groups in total. The van der Waals surface area contributed by atoms with Gasteiger partial charge in [-0.3, -0.25) is 0 Å². The SMILES string of the molecule is COc1cc(NC(=O)N2C3CCC2CC2(CC2)C3)ccc1OCCN(C)C. The van der Waals surface area contributed by atoms with E-state index in [4.69, 9.17) is 9.47 Å². The van der Waals surface area contributed by atoms with E-state index in [1.54, 1.807) is 7.11 Å². The predicted molar refractivity (Wildman–Crippen MR) is 106 cm³/mol. The van der Waals surface area contributed by atoms with Crippen molar-refractivity contribution in [2.45, 2.75) is 50.6 Å². The number of urea groups is 1. The quantitative estimate of drug-likeness (QED) is 0.828. The molecule has 6 heteroatoms. The number of nitrogens with zero attached hydrogens (tertiary/aromatic N) is 2. The normalized spacial score (nSPS) is 25.0. The Morgan fingerprint density at radius 2 is 1.93 bits per heavy atom. The molecule has 2 heterocycles. The highest BCUT2D eigenvalue weighted by Gasteiger charge is 2.55. The summed E-state index contributed by atoms with van der Waals surface area (Å²) in [6.07, 6.45) is 7.42. The lowest BCUT2D eigenvalue weighted by Crippen LogP contribution is -2.48. The molecule has 2 saturated heterocycles. The van der Waals surface area contributed by atoms with Crippen molar-refractivity contribution in [2.75, 3.05) is 39.7 Å². The van der Waals surface area contributed by atoms with Gasteiger partial charge in [-0.15, -0.1) is 0 Å². The molecule has 2 unspecified atom stereocenters. The van der Waals surface area contributed by atoms with Gasteiger partial charge in [-0.05, 0) is 70.2 Å². The topological polar surface area (TPSA) is 54.0 Å². The number of carbonyl (C=O) groups excluding carboxylic acids is 1. The maximum atomic E-state index is 12.9. The zero-order valence-corrected chi connectivity index (χ0v) is 16.7. The first-order valence-electron chi connectivity index (χ1n) is 10.0. The molecule has 1 saturated carbocycles. The summed E-state index contributed by atoms with van der Waals surface area (Å²) < 4.78 is 11.3. The third-order valence-electron chi connectivity index (χ3n) is 6.36. The number of amides is 2. The second kappa shape index (κ2) is 7.23. The number of fused-ring (bicyclic) bond motifs is 2. The number of hydrogen-bond donors (Lipinski definition) is 1. The summed E-state index contributed by atoms with van der Waals surface area (Å²) in [5, 5.41) is 3.08. The van der Waals surface area contributed by atoms with E-state index in [1.807, 2.05) is 32.3 Å². The van der Waals surface area contributed by atoms with Crippen molar-refractivity contribution in [3.63, 3.8) is 0 Å². The maximum Gasteiger partial charge on any atom is 0.322 e. The van der Waals surface area contributed by atoms with Crippen molar-refractivity contribution >= 4 is 11.7 Å². The van der Waals surface area contributed by atoms with Crippen LogP contribution in [-0.4, -0.2) is 62.3 Å². The Bertz CT molecular complexity index is 686. The zero-order chi connectivity index (χ0) is 19.0. The summed E-state index contributed by atoms with van der Waals surface area (Å²) >= 11 is 0. The molecule has 4 rings (SSSR count). The third-order valence-corrected chi connectivity index (χ3v) is 6.36. The number of rotatable bonds is 6. The second-order valence-electron chi connectivity index (χ2n) is 8.65. The Balaban J connectivity index is 1.39. The van der Waals surface area contributed by atoms with Crippen LogP contribution in [0.2, 0.25) is 0 Å². The van der Waals surface area contributed by atoms with E-state index in [0.717, 1.165) is 25.1 Å². The first-order valence-corrected chi connectivity index (χ1v) is 10.0. The molecule has 2 bridgehead atoms. The van der Waals surface area contributed by atoms with Gasteiger partial charge in [-0.2, -0.15) is 0 Å². The molecule has 1 aromatic carbocycles. The monoisotopic (exact) mass is 373 g/mol. The Kier molecular flexibility index (Phi) is 4.93. The predicted octanol–water partition coefficient (Wildman–Crippen LogP) is 3.57. The van der Waals surface area contributed by atoms with Crippen LogP contribution in [0.3, 0.4) is 0 Å². The van der Waals surface area contributed by atoms with Crippen LogP contribution in [0.5, 0.6) is 11.5 Å². The first kappa shape index (κ1) is 18.4. The molecule has 1 spiro atoms. The van der Waals surface area contributed by atoms with Gasteiger partial charge < -0.3 is 24.6 Å². The van der Waals surface area contributed by atoms with E-state index in [1.165, 1.54) is 25.7 Å². The van der Waals surface area contributed by atoms with Crippen molar-refractivity contribution in [3.8, 4) is 11.5 Å². The van der Waals surface area contributed by atoms with E-state index in [2.05, 4.69) is 15.1 Å². The van der Waals surface area contributed by atoms with Gasteiger partial charge >= 0.3 is 6.03 Å². The number of benzene rings is 1. The van der Waals surface area contributed by atoms with Crippen molar-refractivity contribution < 1.29 is 14.3 Å². The summed E-state index contributed by atoms with van der Waals surface area (Å²) in [6.45, 7) is 1.43. The summed E-state index contributed by atoms with van der Waals surface area (Å²) in [4.78, 5) is 17.1. The molecule has 2 amide bonds. The molecular formula is C21H31N3O3. The van der Waals surface area contributed by atoms with Gasteiger partial charge in [0.2, 0.25) is 0 Å². The highest BCUT2D eigenvalue weighted by atomic mass is 16.5. The standard InChI is InChI=1S/C21H31N3O3/c1-23(2)10-11-27-18-7-4-15(12-19(18)26-3)22-20(25)24-16-5-6-17(24)14-21(13-16)8-9-21/h4,7,12,16-17H,5-6,8-11,13-14H2,1-3H3,(H,22,25). The molecule has 0 aromatic heterocycles. The molecule has 3 aliphatic rings. The fourth-order valence-corrected chi connectivity index (χ4v) is 4.75. The van der Waals surface area contributed by atoms with E-state index in [9.17, 15) is 4.79 Å². The zero-order valence-electron chi connectivity index (χ0n) is 16.7. The van der Waals surface area contributed by atoms with E-state index >= 15 is 0 Å². The third kappa shape index (κ3) is 3.86. The minimum absolute atomic E-state index is 0.0290. The number of methoxy groups -OCH3 is 1. The Morgan fingerprint density at radius 3 is 2.52 bits per heavy atom. The van der Waals surface area contributed by atoms with Crippen LogP contribution < -0.4 is 14.8 Å². The fourth-order valence-electron chi connectivity index (χ4n) is 4.75. The van der Waals surface area contributed by atoms with Crippen molar-refractivity contribution in [3.05, 3.63) is 18.2 Å². The van der Waals surface area contributed by atoms with Gasteiger partial charge in [-0.25, -0.2) is 4.79 Å². The fraction of sp³-hybridized carbons (Fsp3) is 0.667. The molecular weight excluding hydrogens is 342 g/mol. The molecule has 1 aromatic rings. The molecule has 2 aliphatic heterocycles. The number of anilines is 1. The van der Waals surface area contributed by atoms with Gasteiger partial charge in [0.25, 0.3) is 0 Å². The number of ether oxygens (including phenoxy) is 2. The number of piperidine rings is 1. The van der Waals surface area contributed by atoms with Gasteiger partial charge in [0.1, 0.15) is 6.61 Å². The van der Waals surface area contributed by atoms with E-state index in [0.29, 0.717) is 35.6 Å². The largest absolute Gasteiger partial charge is 0.493 e. The number of nitrogens with one attached hydrogen (secondary N) is 1. The Hall–Kier alpha value is -1.95. The molecule has 148 valence electrons. The minimum atomic E-state index is 0.0290. The van der Waals surface area contributed by atoms with Crippen LogP contribution in [0.25, 0.3) is 0 Å². The maximum absolute atomic E-state index is 12.9. The summed E-state index contributed by atoms with van der Waals surface area (Å²) in [5.74, 6) is 1.34. The average Bonchev–Trinajstić information content (AvgIpc) is 3.31. The van der Waals surface area contributed by atoms with E-state index in [-0.39, 0.29) is 6.03 Å². The summed E-state index contributed by atoms with van der Waals surface area (Å²) in [5.41, 5.74) is 1.33. The van der Waals surface area contributed by atoms with Crippen molar-refractivity contribution in [1.82, 2.24) is 9.80 Å². The lowest BCUT2D eigenvalue weighted by molar-refractivity contribution is 0.123. The molecule has 1 aliphatic carbocycles. The van der Waals surface area contributed by atoms with Gasteiger partial charge in [-0.1, -0.05) is 0 Å². The van der Waals surface area contributed by atoms with Crippen LogP contribution in [0.1, 0.15) is 38.5 Å². The summed E-state index contributed by atoms with van der Waals surface area (Å²) in [6, 6.07) is 6.47. The Labute approximate surface area is 161 Å². The van der Waals surface area contributed by atoms with Crippen LogP contribution in [0.15, 0.2) is 18.2 Å². The number of hydrogen-bond acceptors (Lipinski definition) is 4. The summed E-state index contributed by atoms with van der Waals surface area (Å²) in [7, 11) is 5.65. The first-order chi connectivity index (χ1) is 13.0. The molecule has 27 heavy (non-hydrogen) atoms. The average molecular weight is 373 g/mol. The van der Waals surface area contributed by atoms with Crippen LogP contribution >= 0.6 is 0 Å². The highest BCUT2D eigenvalue weighted by molar-refractivity contribution is 5.90. The number of likely N-dealkylation sites (N-methyl/N-ethyl adjacent to an activating group) is 1. The highest BCUT2D eigenvalue weighted by Crippen LogP contribution is 2.59. The van der Waals surface area contributed by atoms with Crippen molar-refractivity contribution in [2.24, 2.45) is 5.41 Å². The van der Waals surface area contributed by atoms with Gasteiger partial charge in [0, 0.05) is 30.4 Å². The minimum Gasteiger partial charge on any atom is -0.493 e. The molecule has 6 nitrogen and oxygen atoms in total. The van der Waals surface area contributed by atoms with Gasteiger partial charge in [0.15, 0.2) is 11.5 Å². The molecule has 3 fully saturated rings. The van der Waals surface area contributed by atoms with E-state index < -0.39 is 0 Å². The Morgan fingerprint density at radius 1 is 1.22 bits per heavy atom.